The second-order valence-corrected chi connectivity index (χ2v) is 6.27. The molecular formula is C15H11ClF6N4O. The summed E-state index contributed by atoms with van der Waals surface area (Å²) in [5, 5.41) is 2.90. The SMILES string of the molecule is NC(=O)c1c(C(F)(F)F)nn2c1N(Cc1ccc(Cl)c(C(F)(F)F)c1)CC2. The van der Waals surface area contributed by atoms with Crippen LogP contribution in [0.3, 0.4) is 0 Å². The van der Waals surface area contributed by atoms with E-state index in [1.165, 1.54) is 11.0 Å². The second-order valence-electron chi connectivity index (χ2n) is 5.87. The molecule has 0 atom stereocenters. The molecule has 0 bridgehead atoms. The number of fused-ring (bicyclic) bond motifs is 1. The zero-order valence-electron chi connectivity index (χ0n) is 13.3. The molecule has 2 aromatic rings. The average Bonchev–Trinajstić information content (AvgIpc) is 3.07. The van der Waals surface area contributed by atoms with Crippen LogP contribution in [0.2, 0.25) is 5.02 Å². The van der Waals surface area contributed by atoms with E-state index in [-0.39, 0.29) is 31.0 Å². The van der Waals surface area contributed by atoms with Crippen LogP contribution in [0.25, 0.3) is 0 Å². The van der Waals surface area contributed by atoms with E-state index in [4.69, 9.17) is 17.3 Å². The summed E-state index contributed by atoms with van der Waals surface area (Å²) in [6, 6.07) is 3.20. The number of aromatic nitrogens is 2. The number of primary amides is 1. The highest BCUT2D eigenvalue weighted by molar-refractivity contribution is 6.31. The van der Waals surface area contributed by atoms with Gasteiger partial charge in [-0.05, 0) is 17.7 Å². The van der Waals surface area contributed by atoms with Gasteiger partial charge in [0.15, 0.2) is 5.69 Å². The molecule has 12 heteroatoms. The Hall–Kier alpha value is -2.43. The topological polar surface area (TPSA) is 64.2 Å². The molecule has 0 saturated heterocycles. The zero-order chi connectivity index (χ0) is 20.1. The number of benzene rings is 1. The van der Waals surface area contributed by atoms with Crippen molar-refractivity contribution in [3.8, 4) is 0 Å². The molecule has 0 aliphatic carbocycles. The number of amides is 1. The van der Waals surface area contributed by atoms with Crippen LogP contribution in [-0.2, 0) is 25.4 Å². The molecule has 146 valence electrons. The van der Waals surface area contributed by atoms with Crippen molar-refractivity contribution in [2.24, 2.45) is 5.73 Å². The van der Waals surface area contributed by atoms with Gasteiger partial charge >= 0.3 is 12.4 Å². The standard InChI is InChI=1S/C15H11ClF6N4O/c16-9-2-1-7(5-8(9)14(17,18)19)6-25-3-4-26-13(25)10(12(23)27)11(24-26)15(20,21)22/h1-2,5H,3-4,6H2,(H2,23,27). The molecule has 1 aromatic carbocycles. The van der Waals surface area contributed by atoms with Crippen LogP contribution in [0.5, 0.6) is 0 Å². The van der Waals surface area contributed by atoms with Gasteiger partial charge < -0.3 is 10.6 Å². The third-order valence-corrected chi connectivity index (χ3v) is 4.36. The van der Waals surface area contributed by atoms with E-state index < -0.39 is 40.1 Å². The van der Waals surface area contributed by atoms with E-state index in [2.05, 4.69) is 5.10 Å². The summed E-state index contributed by atoms with van der Waals surface area (Å²) < 4.78 is 79.2. The molecule has 5 nitrogen and oxygen atoms in total. The Morgan fingerprint density at radius 2 is 1.81 bits per heavy atom. The lowest BCUT2D eigenvalue weighted by molar-refractivity contribution is -0.142. The van der Waals surface area contributed by atoms with Crippen LogP contribution in [0.1, 0.15) is 27.2 Å². The molecule has 0 unspecified atom stereocenters. The summed E-state index contributed by atoms with van der Waals surface area (Å²) >= 11 is 5.56. The van der Waals surface area contributed by atoms with Gasteiger partial charge in [0, 0.05) is 13.1 Å². The van der Waals surface area contributed by atoms with Gasteiger partial charge in [-0.2, -0.15) is 31.4 Å². The molecule has 1 aromatic heterocycles. The van der Waals surface area contributed by atoms with Gasteiger partial charge in [0.05, 0.1) is 17.1 Å². The van der Waals surface area contributed by atoms with Gasteiger partial charge in [0.25, 0.3) is 5.91 Å². The van der Waals surface area contributed by atoms with E-state index in [0.29, 0.717) is 0 Å². The Bertz CT molecular complexity index is 905. The number of halogens is 7. The Morgan fingerprint density at radius 1 is 1.15 bits per heavy atom. The van der Waals surface area contributed by atoms with Crippen molar-refractivity contribution in [2.45, 2.75) is 25.4 Å². The first-order chi connectivity index (χ1) is 12.4. The molecule has 1 amide bonds. The quantitative estimate of drug-likeness (QED) is 0.782. The first kappa shape index (κ1) is 19.3. The van der Waals surface area contributed by atoms with E-state index in [0.717, 1.165) is 16.8 Å². The van der Waals surface area contributed by atoms with Crippen molar-refractivity contribution < 1.29 is 31.1 Å². The van der Waals surface area contributed by atoms with E-state index in [9.17, 15) is 31.1 Å². The van der Waals surface area contributed by atoms with Gasteiger partial charge in [0.1, 0.15) is 11.4 Å². The van der Waals surface area contributed by atoms with Crippen molar-refractivity contribution in [2.75, 3.05) is 11.4 Å². The number of rotatable bonds is 3. The lowest BCUT2D eigenvalue weighted by Gasteiger charge is -2.20. The van der Waals surface area contributed by atoms with E-state index >= 15 is 0 Å². The molecular weight excluding hydrogens is 402 g/mol. The highest BCUT2D eigenvalue weighted by atomic mass is 35.5. The molecule has 0 fully saturated rings. The molecule has 1 aliphatic heterocycles. The zero-order valence-corrected chi connectivity index (χ0v) is 14.1. The minimum absolute atomic E-state index is 0.0331. The van der Waals surface area contributed by atoms with Crippen molar-refractivity contribution in [3.63, 3.8) is 0 Å². The Labute approximate surface area is 153 Å². The highest BCUT2D eigenvalue weighted by Gasteiger charge is 2.43. The van der Waals surface area contributed by atoms with Gasteiger partial charge in [-0.1, -0.05) is 17.7 Å². The third-order valence-electron chi connectivity index (χ3n) is 4.03. The van der Waals surface area contributed by atoms with Crippen LogP contribution in [-0.4, -0.2) is 22.2 Å². The number of nitrogens with zero attached hydrogens (tertiary/aromatic N) is 3. The molecule has 1 aliphatic rings. The molecule has 2 N–H and O–H groups in total. The lowest BCUT2D eigenvalue weighted by Crippen LogP contribution is -2.25. The van der Waals surface area contributed by atoms with Crippen molar-refractivity contribution in [1.82, 2.24) is 9.78 Å². The first-order valence-electron chi connectivity index (χ1n) is 7.48. The number of carbonyl (C=O) groups excluding carboxylic acids is 1. The van der Waals surface area contributed by atoms with E-state index in [1.807, 2.05) is 0 Å². The maximum absolute atomic E-state index is 13.1. The summed E-state index contributed by atoms with van der Waals surface area (Å²) in [4.78, 5) is 12.9. The number of hydrogen-bond donors (Lipinski definition) is 1. The minimum atomic E-state index is -4.89. The number of alkyl halides is 6. The molecule has 0 saturated carbocycles. The lowest BCUT2D eigenvalue weighted by atomic mass is 10.1. The molecule has 27 heavy (non-hydrogen) atoms. The minimum Gasteiger partial charge on any atom is -0.365 e. The summed E-state index contributed by atoms with van der Waals surface area (Å²) in [5.74, 6) is -1.49. The Balaban J connectivity index is 2.00. The fourth-order valence-corrected chi connectivity index (χ4v) is 3.16. The fraction of sp³-hybridized carbons (Fsp3) is 0.333. The summed E-state index contributed by atoms with van der Waals surface area (Å²) in [5.41, 5.74) is 1.99. The van der Waals surface area contributed by atoms with Gasteiger partial charge in [-0.25, -0.2) is 4.68 Å². The van der Waals surface area contributed by atoms with Crippen LogP contribution in [0.15, 0.2) is 18.2 Å². The number of nitrogens with two attached hydrogens (primary N) is 1. The highest BCUT2D eigenvalue weighted by Crippen LogP contribution is 2.39. The normalized spacial score (nSPS) is 14.6. The predicted octanol–water partition coefficient (Wildman–Crippen LogP) is 3.69. The van der Waals surface area contributed by atoms with Crippen LogP contribution in [0.4, 0.5) is 32.2 Å². The Morgan fingerprint density at radius 3 is 2.37 bits per heavy atom. The number of anilines is 1. The third kappa shape index (κ3) is 3.55. The largest absolute Gasteiger partial charge is 0.436 e. The maximum atomic E-state index is 13.1. The molecule has 3 rings (SSSR count). The van der Waals surface area contributed by atoms with Gasteiger partial charge in [-0.3, -0.25) is 4.79 Å². The van der Waals surface area contributed by atoms with E-state index in [1.54, 1.807) is 0 Å². The predicted molar refractivity (Wildman–Crippen MR) is 83.3 cm³/mol. The smallest absolute Gasteiger partial charge is 0.365 e. The van der Waals surface area contributed by atoms with Gasteiger partial charge in [-0.15, -0.1) is 0 Å². The summed E-state index contributed by atoms with van der Waals surface area (Å²) in [6.45, 7) is 0.0136. The molecule has 0 spiro atoms. The van der Waals surface area contributed by atoms with Crippen molar-refractivity contribution in [3.05, 3.63) is 45.6 Å². The first-order valence-corrected chi connectivity index (χ1v) is 7.85. The van der Waals surface area contributed by atoms with Crippen molar-refractivity contribution in [1.29, 1.82) is 0 Å². The van der Waals surface area contributed by atoms with Crippen LogP contribution < -0.4 is 10.6 Å². The summed E-state index contributed by atoms with van der Waals surface area (Å²) in [7, 11) is 0. The van der Waals surface area contributed by atoms with Gasteiger partial charge in [0.2, 0.25) is 0 Å². The Kier molecular flexibility index (Phi) is 4.53. The van der Waals surface area contributed by atoms with Crippen LogP contribution in [0, 0.1) is 0 Å². The fourth-order valence-electron chi connectivity index (χ4n) is 2.94. The number of carbonyl (C=O) groups is 1. The average molecular weight is 413 g/mol. The maximum Gasteiger partial charge on any atom is 0.436 e. The molecule has 0 radical (unpaired) electrons. The summed E-state index contributed by atoms with van der Waals surface area (Å²) in [6.07, 6.45) is -9.57. The van der Waals surface area contributed by atoms with Crippen LogP contribution >= 0.6 is 11.6 Å². The monoisotopic (exact) mass is 412 g/mol. The van der Waals surface area contributed by atoms with Crippen molar-refractivity contribution >= 4 is 23.3 Å². The molecule has 2 heterocycles. The number of hydrogen-bond acceptors (Lipinski definition) is 3. The second kappa shape index (κ2) is 6.32.